The lowest BCUT2D eigenvalue weighted by atomic mass is 10.1. The number of ether oxygens (including phenoxy) is 1. The van der Waals surface area contributed by atoms with Gasteiger partial charge in [0.2, 0.25) is 0 Å². The molecule has 0 aromatic heterocycles. The van der Waals surface area contributed by atoms with Crippen LogP contribution in [0.1, 0.15) is 20.7 Å². The standard InChI is InChI=1S/C17H16N2O3S/c1-19(14-6-4-3-5-7-14)17(23)18-15(20)12-8-10-13(11-9-12)16(21)22-2/h3-11H,1-2H3,(H,18,20,23). The maximum atomic E-state index is 12.2. The van der Waals surface area contributed by atoms with E-state index in [-0.39, 0.29) is 5.91 Å². The van der Waals surface area contributed by atoms with Crippen LogP contribution in [0.4, 0.5) is 5.69 Å². The van der Waals surface area contributed by atoms with Gasteiger partial charge < -0.3 is 9.64 Å². The largest absolute Gasteiger partial charge is 0.465 e. The third-order valence-corrected chi connectivity index (χ3v) is 3.61. The molecule has 0 aliphatic heterocycles. The molecule has 2 aromatic rings. The number of para-hydroxylation sites is 1. The van der Waals surface area contributed by atoms with Gasteiger partial charge in [-0.15, -0.1) is 0 Å². The highest BCUT2D eigenvalue weighted by Crippen LogP contribution is 2.11. The molecule has 0 saturated heterocycles. The molecule has 6 heteroatoms. The lowest BCUT2D eigenvalue weighted by Crippen LogP contribution is -2.40. The van der Waals surface area contributed by atoms with Crippen LogP contribution in [0.3, 0.4) is 0 Å². The van der Waals surface area contributed by atoms with E-state index < -0.39 is 5.97 Å². The van der Waals surface area contributed by atoms with Crippen LogP contribution in [0, 0.1) is 0 Å². The summed E-state index contributed by atoms with van der Waals surface area (Å²) in [4.78, 5) is 25.3. The number of carbonyl (C=O) groups is 2. The summed E-state index contributed by atoms with van der Waals surface area (Å²) < 4.78 is 4.61. The van der Waals surface area contributed by atoms with Gasteiger partial charge >= 0.3 is 5.97 Å². The first-order valence-corrected chi connectivity index (χ1v) is 7.26. The Hall–Kier alpha value is -2.73. The number of benzene rings is 2. The van der Waals surface area contributed by atoms with Gasteiger partial charge in [-0.05, 0) is 48.6 Å². The minimum atomic E-state index is -0.448. The van der Waals surface area contributed by atoms with Crippen molar-refractivity contribution in [1.29, 1.82) is 0 Å². The van der Waals surface area contributed by atoms with Gasteiger partial charge in [-0.25, -0.2) is 4.79 Å². The molecule has 0 radical (unpaired) electrons. The van der Waals surface area contributed by atoms with E-state index in [1.165, 1.54) is 19.2 Å². The number of rotatable bonds is 3. The predicted octanol–water partition coefficient (Wildman–Crippen LogP) is 2.62. The van der Waals surface area contributed by atoms with Crippen molar-refractivity contribution in [2.75, 3.05) is 19.1 Å². The fourth-order valence-electron chi connectivity index (χ4n) is 1.90. The topological polar surface area (TPSA) is 58.6 Å². The first-order valence-electron chi connectivity index (χ1n) is 6.85. The van der Waals surface area contributed by atoms with E-state index in [4.69, 9.17) is 12.2 Å². The van der Waals surface area contributed by atoms with Gasteiger partial charge in [-0.1, -0.05) is 18.2 Å². The van der Waals surface area contributed by atoms with Crippen molar-refractivity contribution in [1.82, 2.24) is 5.32 Å². The molecule has 0 atom stereocenters. The number of anilines is 1. The minimum Gasteiger partial charge on any atom is -0.465 e. The zero-order valence-corrected chi connectivity index (χ0v) is 13.6. The van der Waals surface area contributed by atoms with Crippen LogP contribution in [0.15, 0.2) is 54.6 Å². The van der Waals surface area contributed by atoms with Crippen molar-refractivity contribution in [3.05, 3.63) is 65.7 Å². The molecular weight excluding hydrogens is 312 g/mol. The van der Waals surface area contributed by atoms with E-state index in [0.717, 1.165) is 5.69 Å². The molecule has 2 rings (SSSR count). The van der Waals surface area contributed by atoms with Gasteiger partial charge in [0.25, 0.3) is 5.91 Å². The maximum absolute atomic E-state index is 12.2. The fourth-order valence-corrected chi connectivity index (χ4v) is 2.10. The van der Waals surface area contributed by atoms with E-state index in [0.29, 0.717) is 16.2 Å². The number of hydrogen-bond acceptors (Lipinski definition) is 4. The van der Waals surface area contributed by atoms with Crippen LogP contribution in [0.2, 0.25) is 0 Å². The van der Waals surface area contributed by atoms with Crippen molar-refractivity contribution < 1.29 is 14.3 Å². The Morgan fingerprint density at radius 2 is 1.57 bits per heavy atom. The monoisotopic (exact) mass is 328 g/mol. The second-order valence-electron chi connectivity index (χ2n) is 4.72. The summed E-state index contributed by atoms with van der Waals surface area (Å²) >= 11 is 5.24. The Kier molecular flexibility index (Phi) is 5.43. The zero-order valence-electron chi connectivity index (χ0n) is 12.8. The summed E-state index contributed by atoms with van der Waals surface area (Å²) in [6, 6.07) is 15.6. The predicted molar refractivity (Wildman–Crippen MR) is 92.7 cm³/mol. The molecule has 0 aliphatic rings. The smallest absolute Gasteiger partial charge is 0.337 e. The minimum absolute atomic E-state index is 0.290. The lowest BCUT2D eigenvalue weighted by Gasteiger charge is -2.20. The van der Waals surface area contributed by atoms with Crippen LogP contribution in [0.5, 0.6) is 0 Å². The number of methoxy groups -OCH3 is 1. The molecule has 0 fully saturated rings. The van der Waals surface area contributed by atoms with E-state index >= 15 is 0 Å². The molecule has 1 N–H and O–H groups in total. The van der Waals surface area contributed by atoms with E-state index in [2.05, 4.69) is 10.1 Å². The first-order chi connectivity index (χ1) is 11.0. The molecule has 23 heavy (non-hydrogen) atoms. The Balaban J connectivity index is 2.04. The number of nitrogens with one attached hydrogen (secondary N) is 1. The van der Waals surface area contributed by atoms with Crippen LogP contribution < -0.4 is 10.2 Å². The van der Waals surface area contributed by atoms with Crippen molar-refractivity contribution >= 4 is 34.9 Å². The second kappa shape index (κ2) is 7.51. The number of amides is 1. The third-order valence-electron chi connectivity index (χ3n) is 3.24. The first kappa shape index (κ1) is 16.6. The highest BCUT2D eigenvalue weighted by Gasteiger charge is 2.13. The van der Waals surface area contributed by atoms with Crippen LogP contribution in [-0.4, -0.2) is 31.1 Å². The normalized spacial score (nSPS) is 9.83. The Morgan fingerprint density at radius 3 is 2.13 bits per heavy atom. The molecule has 0 saturated carbocycles. The molecular formula is C17H16N2O3S. The highest BCUT2D eigenvalue weighted by atomic mass is 32.1. The van der Waals surface area contributed by atoms with Gasteiger partial charge in [0.05, 0.1) is 12.7 Å². The van der Waals surface area contributed by atoms with Gasteiger partial charge in [0.15, 0.2) is 5.11 Å². The molecule has 0 bridgehead atoms. The fraction of sp³-hybridized carbons (Fsp3) is 0.118. The van der Waals surface area contributed by atoms with Crippen LogP contribution in [0.25, 0.3) is 0 Å². The highest BCUT2D eigenvalue weighted by molar-refractivity contribution is 7.80. The maximum Gasteiger partial charge on any atom is 0.337 e. The Morgan fingerprint density at radius 1 is 1.00 bits per heavy atom. The van der Waals surface area contributed by atoms with E-state index in [1.807, 2.05) is 30.3 Å². The van der Waals surface area contributed by atoms with Crippen LogP contribution >= 0.6 is 12.2 Å². The van der Waals surface area contributed by atoms with Crippen molar-refractivity contribution in [2.45, 2.75) is 0 Å². The summed E-state index contributed by atoms with van der Waals surface area (Å²) in [5, 5.41) is 2.95. The average Bonchev–Trinajstić information content (AvgIpc) is 2.61. The SMILES string of the molecule is COC(=O)c1ccc(C(=O)NC(=S)N(C)c2ccccc2)cc1. The number of hydrogen-bond donors (Lipinski definition) is 1. The lowest BCUT2D eigenvalue weighted by molar-refractivity contribution is 0.0600. The molecule has 0 spiro atoms. The zero-order chi connectivity index (χ0) is 16.8. The Bertz CT molecular complexity index is 714. The molecule has 1 amide bonds. The third kappa shape index (κ3) is 4.14. The van der Waals surface area contributed by atoms with Crippen LogP contribution in [-0.2, 0) is 4.74 Å². The second-order valence-corrected chi connectivity index (χ2v) is 5.11. The molecule has 0 heterocycles. The van der Waals surface area contributed by atoms with Gasteiger partial charge in [0, 0.05) is 18.3 Å². The summed E-state index contributed by atoms with van der Waals surface area (Å²) in [7, 11) is 3.08. The molecule has 5 nitrogen and oxygen atoms in total. The van der Waals surface area contributed by atoms with Gasteiger partial charge in [-0.3, -0.25) is 10.1 Å². The number of thiocarbonyl (C=S) groups is 1. The summed E-state index contributed by atoms with van der Waals surface area (Å²) in [5.74, 6) is -0.787. The van der Waals surface area contributed by atoms with Crippen molar-refractivity contribution in [3.63, 3.8) is 0 Å². The summed E-state index contributed by atoms with van der Waals surface area (Å²) in [6.07, 6.45) is 0. The molecule has 0 aliphatic carbocycles. The number of esters is 1. The van der Waals surface area contributed by atoms with E-state index in [9.17, 15) is 9.59 Å². The van der Waals surface area contributed by atoms with Crippen molar-refractivity contribution in [2.24, 2.45) is 0 Å². The van der Waals surface area contributed by atoms with Gasteiger partial charge in [-0.2, -0.15) is 0 Å². The number of carbonyl (C=O) groups excluding carboxylic acids is 2. The number of nitrogens with zero attached hydrogens (tertiary/aromatic N) is 1. The Labute approximate surface area is 139 Å². The van der Waals surface area contributed by atoms with Gasteiger partial charge in [0.1, 0.15) is 0 Å². The average molecular weight is 328 g/mol. The molecule has 0 unspecified atom stereocenters. The summed E-state index contributed by atoms with van der Waals surface area (Å²) in [6.45, 7) is 0. The quantitative estimate of drug-likeness (QED) is 0.693. The summed E-state index contributed by atoms with van der Waals surface area (Å²) in [5.41, 5.74) is 1.66. The van der Waals surface area contributed by atoms with Crippen molar-refractivity contribution in [3.8, 4) is 0 Å². The van der Waals surface area contributed by atoms with E-state index in [1.54, 1.807) is 24.1 Å². The molecule has 2 aromatic carbocycles. The molecule has 118 valence electrons.